The van der Waals surface area contributed by atoms with Crippen LogP contribution in [0.25, 0.3) is 0 Å². The Morgan fingerprint density at radius 3 is 2.35 bits per heavy atom. The Labute approximate surface area is 104 Å². The van der Waals surface area contributed by atoms with Crippen LogP contribution in [-0.4, -0.2) is 17.8 Å². The molecule has 2 atom stereocenters. The fourth-order valence-corrected chi connectivity index (χ4v) is 1.62. The first-order chi connectivity index (χ1) is 8.15. The molecule has 0 aromatic heterocycles. The Kier molecular flexibility index (Phi) is 5.95. The summed E-state index contributed by atoms with van der Waals surface area (Å²) in [7, 11) is 0. The lowest BCUT2D eigenvalue weighted by Crippen LogP contribution is -2.20. The topological polar surface area (TPSA) is 29.5 Å². The summed E-state index contributed by atoms with van der Waals surface area (Å²) in [5, 5.41) is 10.2. The molecule has 0 unspecified atom stereocenters. The van der Waals surface area contributed by atoms with Gasteiger partial charge in [-0.15, -0.1) is 0 Å². The quantitative estimate of drug-likeness (QED) is 0.765. The van der Waals surface area contributed by atoms with Crippen LogP contribution in [0.2, 0.25) is 0 Å². The highest BCUT2D eigenvalue weighted by molar-refractivity contribution is 5.20. The van der Waals surface area contributed by atoms with Crippen molar-refractivity contribution in [3.05, 3.63) is 48.0 Å². The van der Waals surface area contributed by atoms with Crippen LogP contribution < -0.4 is 0 Å². The first-order valence-electron chi connectivity index (χ1n) is 6.18. The highest BCUT2D eigenvalue weighted by Crippen LogP contribution is 2.20. The number of benzene rings is 1. The minimum Gasteiger partial charge on any atom is -0.385 e. The molecule has 1 aromatic carbocycles. The van der Waals surface area contributed by atoms with E-state index < -0.39 is 6.10 Å². The van der Waals surface area contributed by atoms with E-state index >= 15 is 0 Å². The van der Waals surface area contributed by atoms with Gasteiger partial charge in [0.25, 0.3) is 0 Å². The minimum absolute atomic E-state index is 0.273. The molecule has 0 radical (unpaired) electrons. The molecule has 0 aliphatic carbocycles. The molecule has 0 fully saturated rings. The maximum atomic E-state index is 10.2. The maximum Gasteiger partial charge on any atom is 0.109 e. The second-order valence-corrected chi connectivity index (χ2v) is 4.40. The zero-order chi connectivity index (χ0) is 12.7. The predicted molar refractivity (Wildman–Crippen MR) is 70.8 cm³/mol. The summed E-state index contributed by atoms with van der Waals surface area (Å²) < 4.78 is 5.57. The Morgan fingerprint density at radius 1 is 1.18 bits per heavy atom. The van der Waals surface area contributed by atoms with Gasteiger partial charge in [0.15, 0.2) is 0 Å². The smallest absolute Gasteiger partial charge is 0.109 e. The summed E-state index contributed by atoms with van der Waals surface area (Å²) >= 11 is 0. The number of rotatable bonds is 6. The minimum atomic E-state index is -0.605. The van der Waals surface area contributed by atoms with Crippen molar-refractivity contribution >= 4 is 0 Å². The fraction of sp³-hybridized carbons (Fsp3) is 0.467. The standard InChI is InChI=1S/C15H22O2/c1-4-17-14(11-10-12(2)3)15(16)13-8-6-5-7-9-13/h5-12,14-16H,4H2,1-3H3/b11-10+/t14-,15+/m1/s1. The third kappa shape index (κ3) is 4.72. The van der Waals surface area contributed by atoms with Crippen LogP contribution in [0.3, 0.4) is 0 Å². The van der Waals surface area contributed by atoms with Gasteiger partial charge < -0.3 is 9.84 Å². The van der Waals surface area contributed by atoms with Crippen LogP contribution in [0.15, 0.2) is 42.5 Å². The maximum absolute atomic E-state index is 10.2. The highest BCUT2D eigenvalue weighted by Gasteiger charge is 2.18. The molecule has 0 bridgehead atoms. The lowest BCUT2D eigenvalue weighted by molar-refractivity contribution is -0.00598. The predicted octanol–water partition coefficient (Wildman–Crippen LogP) is 3.34. The second kappa shape index (κ2) is 7.25. The number of ether oxygens (including phenoxy) is 1. The van der Waals surface area contributed by atoms with Gasteiger partial charge in [0.05, 0.1) is 0 Å². The first-order valence-corrected chi connectivity index (χ1v) is 6.18. The molecule has 1 aromatic rings. The Balaban J connectivity index is 2.76. The molecule has 0 saturated heterocycles. The van der Waals surface area contributed by atoms with E-state index in [4.69, 9.17) is 4.74 Å². The number of allylic oxidation sites excluding steroid dienone is 1. The van der Waals surface area contributed by atoms with E-state index in [0.717, 1.165) is 5.56 Å². The molecule has 17 heavy (non-hydrogen) atoms. The lowest BCUT2D eigenvalue weighted by Gasteiger charge is -2.20. The first kappa shape index (κ1) is 13.9. The van der Waals surface area contributed by atoms with E-state index in [-0.39, 0.29) is 6.10 Å². The molecule has 1 rings (SSSR count). The zero-order valence-corrected chi connectivity index (χ0v) is 10.8. The van der Waals surface area contributed by atoms with Crippen LogP contribution in [0.5, 0.6) is 0 Å². The van der Waals surface area contributed by atoms with Gasteiger partial charge >= 0.3 is 0 Å². The van der Waals surface area contributed by atoms with Gasteiger partial charge in [-0.1, -0.05) is 56.3 Å². The third-order valence-electron chi connectivity index (χ3n) is 2.50. The molecule has 0 saturated carbocycles. The van der Waals surface area contributed by atoms with Gasteiger partial charge in [-0.25, -0.2) is 0 Å². The highest BCUT2D eigenvalue weighted by atomic mass is 16.5. The zero-order valence-electron chi connectivity index (χ0n) is 10.8. The van der Waals surface area contributed by atoms with Crippen molar-refractivity contribution in [1.82, 2.24) is 0 Å². The molecule has 2 nitrogen and oxygen atoms in total. The summed E-state index contributed by atoms with van der Waals surface area (Å²) in [5.41, 5.74) is 0.888. The molecular formula is C15H22O2. The second-order valence-electron chi connectivity index (χ2n) is 4.40. The monoisotopic (exact) mass is 234 g/mol. The van der Waals surface area contributed by atoms with Gasteiger partial charge in [-0.3, -0.25) is 0 Å². The van der Waals surface area contributed by atoms with Crippen LogP contribution in [-0.2, 0) is 4.74 Å². The van der Waals surface area contributed by atoms with Crippen molar-refractivity contribution in [1.29, 1.82) is 0 Å². The summed E-state index contributed by atoms with van der Waals surface area (Å²) in [6.07, 6.45) is 3.13. The van der Waals surface area contributed by atoms with Crippen LogP contribution in [0.1, 0.15) is 32.4 Å². The Hall–Kier alpha value is -1.12. The van der Waals surface area contributed by atoms with Gasteiger partial charge in [-0.2, -0.15) is 0 Å². The van der Waals surface area contributed by atoms with E-state index in [2.05, 4.69) is 19.9 Å². The summed E-state index contributed by atoms with van der Waals surface area (Å²) in [5.74, 6) is 0.459. The summed E-state index contributed by atoms with van der Waals surface area (Å²) in [4.78, 5) is 0. The number of hydrogen-bond acceptors (Lipinski definition) is 2. The van der Waals surface area contributed by atoms with E-state index in [1.807, 2.05) is 43.3 Å². The molecule has 0 aliphatic heterocycles. The number of hydrogen-bond donors (Lipinski definition) is 1. The van der Waals surface area contributed by atoms with Crippen molar-refractivity contribution in [2.45, 2.75) is 33.0 Å². The molecule has 0 amide bonds. The molecule has 0 spiro atoms. The van der Waals surface area contributed by atoms with Crippen molar-refractivity contribution in [3.8, 4) is 0 Å². The van der Waals surface area contributed by atoms with Crippen LogP contribution >= 0.6 is 0 Å². The number of aliphatic hydroxyl groups excluding tert-OH is 1. The normalized spacial score (nSPS) is 15.4. The van der Waals surface area contributed by atoms with E-state index in [1.54, 1.807) is 0 Å². The van der Waals surface area contributed by atoms with Gasteiger partial charge in [0, 0.05) is 6.61 Å². The molecule has 2 heteroatoms. The van der Waals surface area contributed by atoms with Crippen molar-refractivity contribution in [2.24, 2.45) is 5.92 Å². The van der Waals surface area contributed by atoms with Crippen molar-refractivity contribution in [2.75, 3.05) is 6.61 Å². The van der Waals surface area contributed by atoms with Crippen molar-refractivity contribution in [3.63, 3.8) is 0 Å². The Bertz CT molecular complexity index is 330. The van der Waals surface area contributed by atoms with Crippen LogP contribution in [0.4, 0.5) is 0 Å². The van der Waals surface area contributed by atoms with Gasteiger partial charge in [0.2, 0.25) is 0 Å². The molecule has 0 aliphatic rings. The summed E-state index contributed by atoms with van der Waals surface area (Å²) in [6.45, 7) is 6.74. The van der Waals surface area contributed by atoms with Crippen molar-refractivity contribution < 1.29 is 9.84 Å². The summed E-state index contributed by atoms with van der Waals surface area (Å²) in [6, 6.07) is 9.62. The third-order valence-corrected chi connectivity index (χ3v) is 2.50. The molecule has 94 valence electrons. The average Bonchev–Trinajstić information content (AvgIpc) is 2.34. The number of aliphatic hydroxyl groups is 1. The Morgan fingerprint density at radius 2 is 1.82 bits per heavy atom. The molecule has 1 N–H and O–H groups in total. The van der Waals surface area contributed by atoms with E-state index in [1.165, 1.54) is 0 Å². The average molecular weight is 234 g/mol. The SMILES string of the molecule is CCO[C@H](/C=C/C(C)C)[C@@H](O)c1ccccc1. The fourth-order valence-electron chi connectivity index (χ4n) is 1.62. The van der Waals surface area contributed by atoms with Gasteiger partial charge in [-0.05, 0) is 18.4 Å². The van der Waals surface area contributed by atoms with Crippen LogP contribution in [0, 0.1) is 5.92 Å². The molecular weight excluding hydrogens is 212 g/mol. The van der Waals surface area contributed by atoms with E-state index in [0.29, 0.717) is 12.5 Å². The lowest BCUT2D eigenvalue weighted by atomic mass is 10.0. The van der Waals surface area contributed by atoms with Gasteiger partial charge in [0.1, 0.15) is 12.2 Å². The van der Waals surface area contributed by atoms with E-state index in [9.17, 15) is 5.11 Å². The molecule has 0 heterocycles. The largest absolute Gasteiger partial charge is 0.385 e.